The lowest BCUT2D eigenvalue weighted by molar-refractivity contribution is -0.132. The summed E-state index contributed by atoms with van der Waals surface area (Å²) in [6, 6.07) is 17.5. The molecule has 1 aromatic carbocycles. The number of ether oxygens (including phenoxy) is 1. The van der Waals surface area contributed by atoms with Crippen molar-refractivity contribution in [1.82, 2.24) is 4.90 Å². The number of carbonyl (C=O) groups is 1. The number of nitrogens with zero attached hydrogens (tertiary/aromatic N) is 1. The molecule has 0 unspecified atom stereocenters. The smallest absolute Gasteiger partial charge is 0.223 e. The highest BCUT2D eigenvalue weighted by Gasteiger charge is 2.16. The second kappa shape index (κ2) is 9.08. The number of amides is 1. The summed E-state index contributed by atoms with van der Waals surface area (Å²) in [5, 5.41) is 2.03. The Morgan fingerprint density at radius 3 is 2.64 bits per heavy atom. The lowest BCUT2D eigenvalue weighted by Gasteiger charge is -2.21. The van der Waals surface area contributed by atoms with Crippen LogP contribution in [-0.2, 0) is 17.9 Å². The predicted molar refractivity (Wildman–Crippen MR) is 98.5 cm³/mol. The molecule has 0 bridgehead atoms. The first-order valence-electron chi connectivity index (χ1n) is 8.31. The maximum Gasteiger partial charge on any atom is 0.223 e. The van der Waals surface area contributed by atoms with E-state index in [1.165, 1.54) is 4.88 Å². The van der Waals surface area contributed by atoms with Crippen LogP contribution in [0, 0.1) is 0 Å². The molecule has 3 aromatic rings. The molecule has 0 aliphatic carbocycles. The molecule has 5 heteroatoms. The Balaban J connectivity index is 1.51. The first-order valence-corrected chi connectivity index (χ1v) is 9.19. The van der Waals surface area contributed by atoms with Crippen molar-refractivity contribution in [2.45, 2.75) is 25.9 Å². The number of hydrogen-bond donors (Lipinski definition) is 0. The second-order valence-electron chi connectivity index (χ2n) is 5.67. The molecule has 0 saturated carbocycles. The molecule has 0 saturated heterocycles. The summed E-state index contributed by atoms with van der Waals surface area (Å²) in [6.07, 6.45) is 2.78. The third-order valence-electron chi connectivity index (χ3n) is 3.75. The highest BCUT2D eigenvalue weighted by atomic mass is 32.1. The minimum Gasteiger partial charge on any atom is -0.494 e. The van der Waals surface area contributed by atoms with Crippen LogP contribution in [0.4, 0.5) is 0 Å². The Morgan fingerprint density at radius 1 is 1.04 bits per heavy atom. The number of carbonyl (C=O) groups excluding carboxylic acids is 1. The van der Waals surface area contributed by atoms with E-state index >= 15 is 0 Å². The van der Waals surface area contributed by atoms with Crippen LogP contribution in [-0.4, -0.2) is 17.4 Å². The van der Waals surface area contributed by atoms with Gasteiger partial charge in [-0.3, -0.25) is 4.79 Å². The average molecular weight is 355 g/mol. The maximum absolute atomic E-state index is 12.6. The number of hydrogen-bond acceptors (Lipinski definition) is 4. The quantitative estimate of drug-likeness (QED) is 0.521. The molecule has 0 spiro atoms. The molecule has 0 atom stereocenters. The summed E-state index contributed by atoms with van der Waals surface area (Å²) in [6.45, 7) is 1.63. The highest BCUT2D eigenvalue weighted by Crippen LogP contribution is 2.16. The van der Waals surface area contributed by atoms with Crippen LogP contribution >= 0.6 is 11.3 Å². The van der Waals surface area contributed by atoms with E-state index in [-0.39, 0.29) is 5.91 Å². The fourth-order valence-corrected chi connectivity index (χ4v) is 3.22. The molecule has 0 aliphatic rings. The lowest BCUT2D eigenvalue weighted by Crippen LogP contribution is -2.29. The van der Waals surface area contributed by atoms with E-state index in [2.05, 4.69) is 0 Å². The first kappa shape index (κ1) is 17.3. The van der Waals surface area contributed by atoms with Crippen molar-refractivity contribution in [3.8, 4) is 5.75 Å². The van der Waals surface area contributed by atoms with Gasteiger partial charge in [0.1, 0.15) is 11.5 Å². The zero-order chi connectivity index (χ0) is 17.3. The van der Waals surface area contributed by atoms with Gasteiger partial charge in [-0.25, -0.2) is 0 Å². The summed E-state index contributed by atoms with van der Waals surface area (Å²) in [5.74, 6) is 1.74. The molecule has 0 N–H and O–H groups in total. The van der Waals surface area contributed by atoms with Crippen LogP contribution in [0.5, 0.6) is 5.75 Å². The van der Waals surface area contributed by atoms with E-state index < -0.39 is 0 Å². The molecular weight excluding hydrogens is 334 g/mol. The maximum atomic E-state index is 12.6. The van der Waals surface area contributed by atoms with E-state index in [1.807, 2.05) is 64.9 Å². The SMILES string of the molecule is O=C(CCCOc1ccccc1)N(Cc1ccco1)Cc1cccs1. The van der Waals surface area contributed by atoms with E-state index in [0.29, 0.717) is 32.5 Å². The molecule has 2 heterocycles. The summed E-state index contributed by atoms with van der Waals surface area (Å²) in [7, 11) is 0. The zero-order valence-corrected chi connectivity index (χ0v) is 14.8. The number of thiophene rings is 1. The van der Waals surface area contributed by atoms with Gasteiger partial charge in [0.25, 0.3) is 0 Å². The fourth-order valence-electron chi connectivity index (χ4n) is 2.50. The lowest BCUT2D eigenvalue weighted by atomic mass is 10.2. The Morgan fingerprint density at radius 2 is 1.92 bits per heavy atom. The summed E-state index contributed by atoms with van der Waals surface area (Å²) >= 11 is 1.66. The second-order valence-corrected chi connectivity index (χ2v) is 6.71. The van der Waals surface area contributed by atoms with Crippen molar-refractivity contribution in [2.75, 3.05) is 6.61 Å². The van der Waals surface area contributed by atoms with Gasteiger partial charge >= 0.3 is 0 Å². The van der Waals surface area contributed by atoms with Crippen molar-refractivity contribution < 1.29 is 13.9 Å². The van der Waals surface area contributed by atoms with Crippen LogP contribution in [0.25, 0.3) is 0 Å². The number of para-hydroxylation sites is 1. The molecule has 25 heavy (non-hydrogen) atoms. The fraction of sp³-hybridized carbons (Fsp3) is 0.250. The van der Waals surface area contributed by atoms with E-state index in [4.69, 9.17) is 9.15 Å². The summed E-state index contributed by atoms with van der Waals surface area (Å²) in [5.41, 5.74) is 0. The van der Waals surface area contributed by atoms with Gasteiger partial charge in [0.2, 0.25) is 5.91 Å². The molecular formula is C20H21NO3S. The van der Waals surface area contributed by atoms with Gasteiger partial charge in [-0.05, 0) is 42.1 Å². The zero-order valence-electron chi connectivity index (χ0n) is 14.0. The highest BCUT2D eigenvalue weighted by molar-refractivity contribution is 7.09. The molecule has 0 aliphatic heterocycles. The normalized spacial score (nSPS) is 10.6. The molecule has 4 nitrogen and oxygen atoms in total. The molecule has 1 amide bonds. The number of furan rings is 1. The number of benzene rings is 1. The largest absolute Gasteiger partial charge is 0.494 e. The van der Waals surface area contributed by atoms with Gasteiger partial charge in [0.15, 0.2) is 0 Å². The van der Waals surface area contributed by atoms with Crippen LogP contribution in [0.1, 0.15) is 23.5 Å². The topological polar surface area (TPSA) is 42.7 Å². The minimum atomic E-state index is 0.112. The Labute approximate surface area is 151 Å². The molecule has 2 aromatic heterocycles. The van der Waals surface area contributed by atoms with E-state index in [1.54, 1.807) is 17.6 Å². The molecule has 130 valence electrons. The average Bonchev–Trinajstić information content (AvgIpc) is 3.33. The Hall–Kier alpha value is -2.53. The third kappa shape index (κ3) is 5.50. The van der Waals surface area contributed by atoms with Gasteiger partial charge in [-0.2, -0.15) is 0 Å². The summed E-state index contributed by atoms with van der Waals surface area (Å²) in [4.78, 5) is 15.6. The molecule has 3 rings (SSSR count). The monoisotopic (exact) mass is 355 g/mol. The van der Waals surface area contributed by atoms with Gasteiger partial charge in [-0.1, -0.05) is 24.3 Å². The van der Waals surface area contributed by atoms with Gasteiger partial charge < -0.3 is 14.1 Å². The number of rotatable bonds is 9. The van der Waals surface area contributed by atoms with Gasteiger partial charge in [0.05, 0.1) is 26.0 Å². The van der Waals surface area contributed by atoms with Crippen molar-refractivity contribution in [1.29, 1.82) is 0 Å². The van der Waals surface area contributed by atoms with Gasteiger partial charge in [-0.15, -0.1) is 11.3 Å². The first-order chi connectivity index (χ1) is 12.3. The predicted octanol–water partition coefficient (Wildman–Crippen LogP) is 4.73. The van der Waals surface area contributed by atoms with Crippen LogP contribution in [0.3, 0.4) is 0 Å². The Kier molecular flexibility index (Phi) is 6.29. The van der Waals surface area contributed by atoms with Crippen molar-refractivity contribution in [2.24, 2.45) is 0 Å². The third-order valence-corrected chi connectivity index (χ3v) is 4.61. The molecule has 0 fully saturated rings. The van der Waals surface area contributed by atoms with Crippen LogP contribution in [0.15, 0.2) is 70.7 Å². The van der Waals surface area contributed by atoms with Gasteiger partial charge in [0, 0.05) is 11.3 Å². The van der Waals surface area contributed by atoms with Crippen molar-refractivity contribution >= 4 is 17.2 Å². The standard InChI is InChI=1S/C20H21NO3S/c22-20(11-5-13-23-17-7-2-1-3-8-17)21(15-18-9-4-12-24-18)16-19-10-6-14-25-19/h1-4,6-10,12,14H,5,11,13,15-16H2. The van der Waals surface area contributed by atoms with E-state index in [9.17, 15) is 4.79 Å². The van der Waals surface area contributed by atoms with Crippen LogP contribution in [0.2, 0.25) is 0 Å². The Bertz CT molecular complexity index is 702. The minimum absolute atomic E-state index is 0.112. The molecule has 0 radical (unpaired) electrons. The summed E-state index contributed by atoms with van der Waals surface area (Å²) < 4.78 is 11.1. The van der Waals surface area contributed by atoms with E-state index in [0.717, 1.165) is 11.5 Å². The van der Waals surface area contributed by atoms with Crippen molar-refractivity contribution in [3.63, 3.8) is 0 Å². The van der Waals surface area contributed by atoms with Crippen molar-refractivity contribution in [3.05, 3.63) is 76.9 Å². The van der Waals surface area contributed by atoms with Crippen LogP contribution < -0.4 is 4.74 Å².